The summed E-state index contributed by atoms with van der Waals surface area (Å²) in [6.07, 6.45) is 2.77. The zero-order valence-corrected chi connectivity index (χ0v) is 4.28. The van der Waals surface area contributed by atoms with E-state index < -0.39 is 0 Å². The molecule has 0 spiro atoms. The Balaban J connectivity index is 2.20. The molecule has 1 fully saturated rings. The summed E-state index contributed by atoms with van der Waals surface area (Å²) in [5.74, 6) is 1.70. The third kappa shape index (κ3) is 0.444. The third-order valence-electron chi connectivity index (χ3n) is 1.80. The highest BCUT2D eigenvalue weighted by molar-refractivity contribution is 4.77. The van der Waals surface area contributed by atoms with Gasteiger partial charge >= 0.3 is 0 Å². The van der Waals surface area contributed by atoms with E-state index in [1.165, 1.54) is 12.8 Å². The fourth-order valence-corrected chi connectivity index (χ4v) is 0.736. The molecule has 35 valence electrons. The second-order valence-electron chi connectivity index (χ2n) is 2.31. The highest BCUT2D eigenvalue weighted by atomic mass is 14.3. The van der Waals surface area contributed by atoms with Crippen molar-refractivity contribution in [3.05, 3.63) is 6.92 Å². The summed E-state index contributed by atoms with van der Waals surface area (Å²) in [5, 5.41) is 0. The first-order chi connectivity index (χ1) is 2.80. The van der Waals surface area contributed by atoms with Crippen molar-refractivity contribution in [2.45, 2.75) is 19.8 Å². The van der Waals surface area contributed by atoms with Gasteiger partial charge in [0.1, 0.15) is 0 Å². The van der Waals surface area contributed by atoms with Gasteiger partial charge in [0.05, 0.1) is 0 Å². The monoisotopic (exact) mass is 83.1 g/mol. The average molecular weight is 83.2 g/mol. The van der Waals surface area contributed by atoms with E-state index in [0.717, 1.165) is 11.8 Å². The molecule has 2 atom stereocenters. The number of rotatable bonds is 0. The second-order valence-corrected chi connectivity index (χ2v) is 2.31. The van der Waals surface area contributed by atoms with E-state index in [0.29, 0.717) is 0 Å². The van der Waals surface area contributed by atoms with E-state index >= 15 is 0 Å². The second kappa shape index (κ2) is 1.25. The topological polar surface area (TPSA) is 0 Å². The Morgan fingerprint density at radius 2 is 2.00 bits per heavy atom. The van der Waals surface area contributed by atoms with Crippen molar-refractivity contribution in [3.63, 3.8) is 0 Å². The molecule has 0 heteroatoms. The smallest absolute Gasteiger partial charge is 0.0388 e. The lowest BCUT2D eigenvalue weighted by molar-refractivity contribution is 0.248. The first-order valence-corrected chi connectivity index (χ1v) is 2.64. The van der Waals surface area contributed by atoms with Gasteiger partial charge in [-0.25, -0.2) is 0 Å². The predicted octanol–water partition coefficient (Wildman–Crippen LogP) is 1.87. The van der Waals surface area contributed by atoms with Crippen molar-refractivity contribution in [1.82, 2.24) is 0 Å². The summed E-state index contributed by atoms with van der Waals surface area (Å²) in [7, 11) is 0. The summed E-state index contributed by atoms with van der Waals surface area (Å²) < 4.78 is 0. The standard InChI is InChI=1S/C6H11/c1-5-3-4-6(5)2/h5-6H,1,3-4H2,2H3/t5-,6-/m1/s1. The lowest BCUT2D eigenvalue weighted by Gasteiger charge is -2.29. The number of hydrogen-bond donors (Lipinski definition) is 0. The van der Waals surface area contributed by atoms with Crippen molar-refractivity contribution in [2.75, 3.05) is 0 Å². The fraction of sp³-hybridized carbons (Fsp3) is 0.833. The zero-order chi connectivity index (χ0) is 4.57. The first-order valence-electron chi connectivity index (χ1n) is 2.64. The summed E-state index contributed by atoms with van der Waals surface area (Å²) in [6.45, 7) is 6.19. The molecule has 1 aliphatic rings. The Labute approximate surface area is 39.6 Å². The minimum atomic E-state index is 0.782. The SMILES string of the molecule is [CH2][C@@H]1CC[C@H]1C. The lowest BCUT2D eigenvalue weighted by Crippen LogP contribution is -2.19. The van der Waals surface area contributed by atoms with Crippen LogP contribution in [0, 0.1) is 18.8 Å². The van der Waals surface area contributed by atoms with E-state index in [4.69, 9.17) is 0 Å². The molecule has 6 heavy (non-hydrogen) atoms. The van der Waals surface area contributed by atoms with Gasteiger partial charge in [-0.15, -0.1) is 0 Å². The molecule has 0 aromatic rings. The maximum atomic E-state index is 3.92. The molecule has 0 nitrogen and oxygen atoms in total. The molecule has 0 saturated heterocycles. The van der Waals surface area contributed by atoms with Crippen molar-refractivity contribution in [1.29, 1.82) is 0 Å². The molecule has 0 bridgehead atoms. The van der Waals surface area contributed by atoms with Crippen molar-refractivity contribution >= 4 is 0 Å². The van der Waals surface area contributed by atoms with Crippen LogP contribution < -0.4 is 0 Å². The van der Waals surface area contributed by atoms with E-state index in [9.17, 15) is 0 Å². The molecule has 1 rings (SSSR count). The van der Waals surface area contributed by atoms with Crippen LogP contribution in [0.25, 0.3) is 0 Å². The molecule has 1 radical (unpaired) electrons. The Morgan fingerprint density at radius 1 is 1.50 bits per heavy atom. The third-order valence-corrected chi connectivity index (χ3v) is 1.80. The largest absolute Gasteiger partial charge is 0.0622 e. The van der Waals surface area contributed by atoms with Crippen LogP contribution in [-0.2, 0) is 0 Å². The van der Waals surface area contributed by atoms with Crippen LogP contribution in [0.2, 0.25) is 0 Å². The molecule has 0 aromatic carbocycles. The van der Waals surface area contributed by atoms with Gasteiger partial charge in [0.15, 0.2) is 0 Å². The van der Waals surface area contributed by atoms with Gasteiger partial charge in [-0.05, 0) is 25.2 Å². The van der Waals surface area contributed by atoms with Gasteiger partial charge in [0.25, 0.3) is 0 Å². The minimum Gasteiger partial charge on any atom is -0.0622 e. The van der Waals surface area contributed by atoms with E-state index in [-0.39, 0.29) is 0 Å². The average Bonchev–Trinajstić information content (AvgIpc) is 1.61. The maximum absolute atomic E-state index is 3.92. The Bertz CT molecular complexity index is 40.0. The molecule has 0 aromatic heterocycles. The van der Waals surface area contributed by atoms with Gasteiger partial charge in [-0.3, -0.25) is 0 Å². The Morgan fingerprint density at radius 3 is 2.00 bits per heavy atom. The predicted molar refractivity (Wildman–Crippen MR) is 27.2 cm³/mol. The quantitative estimate of drug-likeness (QED) is 0.419. The Hall–Kier alpha value is 0. The molecule has 1 aliphatic carbocycles. The maximum Gasteiger partial charge on any atom is -0.0388 e. The van der Waals surface area contributed by atoms with Crippen molar-refractivity contribution in [3.8, 4) is 0 Å². The van der Waals surface area contributed by atoms with Crippen LogP contribution in [0.1, 0.15) is 19.8 Å². The van der Waals surface area contributed by atoms with Gasteiger partial charge < -0.3 is 0 Å². The van der Waals surface area contributed by atoms with E-state index in [2.05, 4.69) is 13.8 Å². The summed E-state index contributed by atoms with van der Waals surface area (Å²) >= 11 is 0. The first kappa shape index (κ1) is 4.17. The molecule has 0 aliphatic heterocycles. The van der Waals surface area contributed by atoms with Gasteiger partial charge in [-0.2, -0.15) is 0 Å². The van der Waals surface area contributed by atoms with E-state index in [1.54, 1.807) is 0 Å². The van der Waals surface area contributed by atoms with Gasteiger partial charge in [0, 0.05) is 0 Å². The molecule has 0 unspecified atom stereocenters. The van der Waals surface area contributed by atoms with Crippen LogP contribution in [0.5, 0.6) is 0 Å². The van der Waals surface area contributed by atoms with Crippen LogP contribution in [0.3, 0.4) is 0 Å². The highest BCUT2D eigenvalue weighted by Crippen LogP contribution is 2.31. The molecule has 0 amide bonds. The summed E-state index contributed by atoms with van der Waals surface area (Å²) in [5.41, 5.74) is 0. The summed E-state index contributed by atoms with van der Waals surface area (Å²) in [6, 6.07) is 0. The zero-order valence-electron chi connectivity index (χ0n) is 4.28. The number of hydrogen-bond acceptors (Lipinski definition) is 0. The normalized spacial score (nSPS) is 45.0. The summed E-state index contributed by atoms with van der Waals surface area (Å²) in [4.78, 5) is 0. The molecular weight excluding hydrogens is 72.1 g/mol. The molecule has 0 N–H and O–H groups in total. The molecule has 0 heterocycles. The minimum absolute atomic E-state index is 0.782. The Kier molecular flexibility index (Phi) is 0.868. The van der Waals surface area contributed by atoms with Crippen LogP contribution in [0.4, 0.5) is 0 Å². The van der Waals surface area contributed by atoms with E-state index in [1.807, 2.05) is 0 Å². The van der Waals surface area contributed by atoms with Crippen molar-refractivity contribution < 1.29 is 0 Å². The van der Waals surface area contributed by atoms with Gasteiger partial charge in [-0.1, -0.05) is 13.3 Å². The van der Waals surface area contributed by atoms with Crippen LogP contribution in [-0.4, -0.2) is 0 Å². The van der Waals surface area contributed by atoms with Gasteiger partial charge in [0.2, 0.25) is 0 Å². The molecule has 1 saturated carbocycles. The fourth-order valence-electron chi connectivity index (χ4n) is 0.736. The lowest BCUT2D eigenvalue weighted by atomic mass is 9.77. The van der Waals surface area contributed by atoms with Crippen LogP contribution >= 0.6 is 0 Å². The van der Waals surface area contributed by atoms with Crippen LogP contribution in [0.15, 0.2) is 0 Å². The molecular formula is C6H11. The van der Waals surface area contributed by atoms with Crippen molar-refractivity contribution in [2.24, 2.45) is 11.8 Å². The highest BCUT2D eigenvalue weighted by Gasteiger charge is 2.20.